The fourth-order valence-electron chi connectivity index (χ4n) is 2.69. The van der Waals surface area contributed by atoms with Crippen LogP contribution in [0, 0.1) is 11.8 Å². The lowest BCUT2D eigenvalue weighted by Gasteiger charge is -2.12. The molecule has 2 atom stereocenters. The molecule has 0 aliphatic carbocycles. The van der Waals surface area contributed by atoms with Gasteiger partial charge in [0.25, 0.3) is 0 Å². The van der Waals surface area contributed by atoms with Crippen molar-refractivity contribution < 1.29 is 9.90 Å². The van der Waals surface area contributed by atoms with E-state index in [0.717, 1.165) is 31.6 Å². The molecule has 19 heavy (non-hydrogen) atoms. The Morgan fingerprint density at radius 3 is 1.95 bits per heavy atom. The smallest absolute Gasteiger partial charge is 0.306 e. The fraction of sp³-hybridized carbons (Fsp3) is 0.941. The maximum Gasteiger partial charge on any atom is 0.306 e. The largest absolute Gasteiger partial charge is 0.481 e. The number of unbranched alkanes of at least 4 members (excludes halogenated alkanes) is 4. The number of hydrogen-bond donors (Lipinski definition) is 1. The van der Waals surface area contributed by atoms with E-state index in [1.54, 1.807) is 0 Å². The number of carboxylic acid groups (broad SMARTS) is 1. The summed E-state index contributed by atoms with van der Waals surface area (Å²) in [7, 11) is 0. The summed E-state index contributed by atoms with van der Waals surface area (Å²) >= 11 is 0. The molecule has 0 aromatic carbocycles. The highest BCUT2D eigenvalue weighted by atomic mass is 16.4. The van der Waals surface area contributed by atoms with Gasteiger partial charge in [-0.3, -0.25) is 4.79 Å². The highest BCUT2D eigenvalue weighted by Crippen LogP contribution is 2.19. The Labute approximate surface area is 120 Å². The van der Waals surface area contributed by atoms with Crippen molar-refractivity contribution in [2.24, 2.45) is 11.8 Å². The van der Waals surface area contributed by atoms with Crippen molar-refractivity contribution >= 4 is 5.97 Å². The molecule has 0 radical (unpaired) electrons. The van der Waals surface area contributed by atoms with Crippen LogP contribution in [-0.4, -0.2) is 11.1 Å². The van der Waals surface area contributed by atoms with Crippen molar-refractivity contribution in [3.63, 3.8) is 0 Å². The molecular formula is C17H34O2. The standard InChI is InChI=1S/C17H34O2/c1-4-6-8-12-15(3)13-9-7-10-14-16(11-5-2)17(18)19/h15-16H,4-14H2,1-3H3,(H,18,19). The first kappa shape index (κ1) is 18.5. The number of carbonyl (C=O) groups is 1. The maximum absolute atomic E-state index is 11.0. The van der Waals surface area contributed by atoms with Gasteiger partial charge in [0.15, 0.2) is 0 Å². The topological polar surface area (TPSA) is 37.3 Å². The zero-order valence-corrected chi connectivity index (χ0v) is 13.3. The number of carboxylic acids is 1. The van der Waals surface area contributed by atoms with Crippen LogP contribution in [0.5, 0.6) is 0 Å². The molecule has 0 aromatic heterocycles. The predicted octanol–water partition coefficient (Wildman–Crippen LogP) is 5.65. The average Bonchev–Trinajstić information content (AvgIpc) is 2.37. The summed E-state index contributed by atoms with van der Waals surface area (Å²) in [5.74, 6) is 0.138. The van der Waals surface area contributed by atoms with Gasteiger partial charge in [-0.05, 0) is 18.8 Å². The average molecular weight is 270 g/mol. The highest BCUT2D eigenvalue weighted by Gasteiger charge is 2.15. The molecule has 0 aliphatic rings. The minimum Gasteiger partial charge on any atom is -0.481 e. The second-order valence-corrected chi connectivity index (χ2v) is 6.06. The second-order valence-electron chi connectivity index (χ2n) is 6.06. The summed E-state index contributed by atoms with van der Waals surface area (Å²) in [4.78, 5) is 11.0. The lowest BCUT2D eigenvalue weighted by atomic mass is 9.94. The third kappa shape index (κ3) is 11.0. The molecule has 2 heteroatoms. The quantitative estimate of drug-likeness (QED) is 0.439. The molecule has 1 N–H and O–H groups in total. The molecule has 114 valence electrons. The first-order valence-electron chi connectivity index (χ1n) is 8.34. The lowest BCUT2D eigenvalue weighted by Crippen LogP contribution is -2.13. The van der Waals surface area contributed by atoms with E-state index in [-0.39, 0.29) is 5.92 Å². The van der Waals surface area contributed by atoms with Gasteiger partial charge in [-0.2, -0.15) is 0 Å². The normalized spacial score (nSPS) is 14.3. The van der Waals surface area contributed by atoms with E-state index in [0.29, 0.717) is 0 Å². The molecular weight excluding hydrogens is 236 g/mol. The van der Waals surface area contributed by atoms with Crippen LogP contribution in [0.15, 0.2) is 0 Å². The Morgan fingerprint density at radius 1 is 0.842 bits per heavy atom. The van der Waals surface area contributed by atoms with Crippen LogP contribution in [0.2, 0.25) is 0 Å². The van der Waals surface area contributed by atoms with Crippen molar-refractivity contribution in [1.29, 1.82) is 0 Å². The molecule has 0 bridgehead atoms. The van der Waals surface area contributed by atoms with Crippen molar-refractivity contribution in [3.05, 3.63) is 0 Å². The van der Waals surface area contributed by atoms with Gasteiger partial charge in [0.2, 0.25) is 0 Å². The number of aliphatic carboxylic acids is 1. The van der Waals surface area contributed by atoms with Crippen molar-refractivity contribution in [3.8, 4) is 0 Å². The SMILES string of the molecule is CCCCCC(C)CCCCCC(CCC)C(=O)O. The molecule has 2 nitrogen and oxygen atoms in total. The van der Waals surface area contributed by atoms with Gasteiger partial charge in [0.1, 0.15) is 0 Å². The Morgan fingerprint density at radius 2 is 1.42 bits per heavy atom. The van der Waals surface area contributed by atoms with Crippen molar-refractivity contribution in [2.75, 3.05) is 0 Å². The Hall–Kier alpha value is -0.530. The minimum atomic E-state index is -0.602. The van der Waals surface area contributed by atoms with Gasteiger partial charge in [0.05, 0.1) is 5.92 Å². The third-order valence-corrected chi connectivity index (χ3v) is 4.04. The molecule has 0 heterocycles. The zero-order valence-electron chi connectivity index (χ0n) is 13.3. The maximum atomic E-state index is 11.0. The van der Waals surface area contributed by atoms with Crippen molar-refractivity contribution in [1.82, 2.24) is 0 Å². The van der Waals surface area contributed by atoms with Crippen molar-refractivity contribution in [2.45, 2.75) is 91.4 Å². The number of rotatable bonds is 13. The second kappa shape index (κ2) is 12.5. The fourth-order valence-corrected chi connectivity index (χ4v) is 2.69. The molecule has 0 rings (SSSR count). The first-order valence-corrected chi connectivity index (χ1v) is 8.34. The summed E-state index contributed by atoms with van der Waals surface area (Å²) in [6.45, 7) is 6.67. The molecule has 2 unspecified atom stereocenters. The molecule has 0 aromatic rings. The van der Waals surface area contributed by atoms with Gasteiger partial charge in [0, 0.05) is 0 Å². The molecule has 0 saturated carbocycles. The van der Waals surface area contributed by atoms with Gasteiger partial charge in [-0.15, -0.1) is 0 Å². The Kier molecular flexibility index (Phi) is 12.2. The summed E-state index contributed by atoms with van der Waals surface area (Å²) < 4.78 is 0. The van der Waals surface area contributed by atoms with Crippen LogP contribution >= 0.6 is 0 Å². The lowest BCUT2D eigenvalue weighted by molar-refractivity contribution is -0.142. The van der Waals surface area contributed by atoms with Crippen LogP contribution in [0.4, 0.5) is 0 Å². The summed E-state index contributed by atoms with van der Waals surface area (Å²) in [5.41, 5.74) is 0. The molecule has 0 fully saturated rings. The molecule has 0 amide bonds. The van der Waals surface area contributed by atoms with Crippen LogP contribution < -0.4 is 0 Å². The third-order valence-electron chi connectivity index (χ3n) is 4.04. The Balaban J connectivity index is 3.49. The minimum absolute atomic E-state index is 0.105. The monoisotopic (exact) mass is 270 g/mol. The van der Waals surface area contributed by atoms with Crippen LogP contribution in [0.25, 0.3) is 0 Å². The van der Waals surface area contributed by atoms with E-state index in [2.05, 4.69) is 20.8 Å². The van der Waals surface area contributed by atoms with Crippen LogP contribution in [-0.2, 0) is 4.79 Å². The van der Waals surface area contributed by atoms with Gasteiger partial charge in [-0.25, -0.2) is 0 Å². The van der Waals surface area contributed by atoms with Crippen LogP contribution in [0.3, 0.4) is 0 Å². The molecule has 0 spiro atoms. The molecule has 0 saturated heterocycles. The van der Waals surface area contributed by atoms with E-state index in [4.69, 9.17) is 5.11 Å². The predicted molar refractivity (Wildman–Crippen MR) is 82.4 cm³/mol. The summed E-state index contributed by atoms with van der Waals surface area (Å²) in [6.07, 6.45) is 13.0. The van der Waals surface area contributed by atoms with Gasteiger partial charge >= 0.3 is 5.97 Å². The first-order chi connectivity index (χ1) is 9.11. The van der Waals surface area contributed by atoms with E-state index in [1.165, 1.54) is 44.9 Å². The highest BCUT2D eigenvalue weighted by molar-refractivity contribution is 5.69. The van der Waals surface area contributed by atoms with E-state index in [1.807, 2.05) is 0 Å². The summed E-state index contributed by atoms with van der Waals surface area (Å²) in [5, 5.41) is 9.07. The van der Waals surface area contributed by atoms with Gasteiger partial charge < -0.3 is 5.11 Å². The summed E-state index contributed by atoms with van der Waals surface area (Å²) in [6, 6.07) is 0. The van der Waals surface area contributed by atoms with E-state index in [9.17, 15) is 4.79 Å². The Bertz CT molecular complexity index is 213. The molecule has 0 aliphatic heterocycles. The van der Waals surface area contributed by atoms with E-state index >= 15 is 0 Å². The van der Waals surface area contributed by atoms with Crippen LogP contribution in [0.1, 0.15) is 91.4 Å². The van der Waals surface area contributed by atoms with Gasteiger partial charge in [-0.1, -0.05) is 78.6 Å². The zero-order chi connectivity index (χ0) is 14.5. The number of hydrogen-bond acceptors (Lipinski definition) is 1. The van der Waals surface area contributed by atoms with E-state index < -0.39 is 5.97 Å².